The Hall–Kier alpha value is -2.74. The zero-order valence-electron chi connectivity index (χ0n) is 13.1. The molecule has 0 bridgehead atoms. The highest BCUT2D eigenvalue weighted by atomic mass is 32.2. The van der Waals surface area contributed by atoms with Gasteiger partial charge >= 0.3 is 0 Å². The Kier molecular flexibility index (Phi) is 5.08. The number of nitrogens with one attached hydrogen (secondary N) is 1. The molecule has 0 aliphatic rings. The minimum Gasteiger partial charge on any atom is -0.411 e. The van der Waals surface area contributed by atoms with Gasteiger partial charge in [0, 0.05) is 11.3 Å². The number of anilines is 1. The maximum atomic E-state index is 12.9. The van der Waals surface area contributed by atoms with Crippen molar-refractivity contribution < 1.29 is 18.0 Å². The first kappa shape index (κ1) is 17.1. The lowest BCUT2D eigenvalue weighted by Crippen LogP contribution is -2.22. The topological polar surface area (TPSA) is 68.0 Å². The van der Waals surface area contributed by atoms with Gasteiger partial charge in [0.1, 0.15) is 11.6 Å². The number of aromatic nitrogens is 2. The molecule has 5 nitrogen and oxygen atoms in total. The van der Waals surface area contributed by atoms with Crippen molar-refractivity contribution in [2.45, 2.75) is 17.4 Å². The monoisotopic (exact) mass is 361 g/mol. The molecular formula is C17H13F2N3O2S. The molecule has 25 heavy (non-hydrogen) atoms. The quantitative estimate of drug-likeness (QED) is 0.692. The molecule has 0 saturated heterocycles. The van der Waals surface area contributed by atoms with Gasteiger partial charge in [-0.1, -0.05) is 11.8 Å². The third kappa shape index (κ3) is 4.42. The average molecular weight is 361 g/mol. The molecule has 0 aliphatic heterocycles. The molecule has 1 heterocycles. The molecule has 3 rings (SSSR count). The van der Waals surface area contributed by atoms with Crippen LogP contribution in [-0.2, 0) is 4.79 Å². The van der Waals surface area contributed by atoms with Crippen LogP contribution in [0.25, 0.3) is 11.5 Å². The Labute approximate surface area is 146 Å². The molecule has 128 valence electrons. The van der Waals surface area contributed by atoms with Crippen molar-refractivity contribution in [1.82, 2.24) is 10.2 Å². The number of halogens is 2. The zero-order chi connectivity index (χ0) is 17.8. The molecule has 1 amide bonds. The van der Waals surface area contributed by atoms with Crippen LogP contribution < -0.4 is 5.32 Å². The molecule has 1 N–H and O–H groups in total. The molecule has 0 saturated carbocycles. The second-order valence-corrected chi connectivity index (χ2v) is 6.43. The number of nitrogens with zero attached hydrogens (tertiary/aromatic N) is 2. The third-order valence-electron chi connectivity index (χ3n) is 3.26. The predicted molar refractivity (Wildman–Crippen MR) is 90.0 cm³/mol. The van der Waals surface area contributed by atoms with Gasteiger partial charge in [-0.15, -0.1) is 10.2 Å². The van der Waals surface area contributed by atoms with E-state index < -0.39 is 5.25 Å². The van der Waals surface area contributed by atoms with Crippen LogP contribution >= 0.6 is 11.8 Å². The van der Waals surface area contributed by atoms with Gasteiger partial charge in [0.15, 0.2) is 0 Å². The first-order valence-electron chi connectivity index (χ1n) is 7.34. The molecule has 0 unspecified atom stereocenters. The van der Waals surface area contributed by atoms with Crippen LogP contribution in [0.5, 0.6) is 0 Å². The van der Waals surface area contributed by atoms with E-state index >= 15 is 0 Å². The second-order valence-electron chi connectivity index (χ2n) is 5.14. The Morgan fingerprint density at radius 2 is 1.64 bits per heavy atom. The van der Waals surface area contributed by atoms with Gasteiger partial charge in [0.25, 0.3) is 5.22 Å². The first-order valence-corrected chi connectivity index (χ1v) is 8.22. The molecule has 8 heteroatoms. The number of rotatable bonds is 5. The van der Waals surface area contributed by atoms with E-state index in [2.05, 4.69) is 15.5 Å². The number of amides is 1. The lowest BCUT2D eigenvalue weighted by Gasteiger charge is -2.09. The molecule has 2 aromatic carbocycles. The van der Waals surface area contributed by atoms with Crippen LogP contribution in [0.2, 0.25) is 0 Å². The van der Waals surface area contributed by atoms with Crippen molar-refractivity contribution in [2.24, 2.45) is 0 Å². The summed E-state index contributed by atoms with van der Waals surface area (Å²) in [4.78, 5) is 12.2. The second kappa shape index (κ2) is 7.43. The van der Waals surface area contributed by atoms with Gasteiger partial charge in [-0.3, -0.25) is 4.79 Å². The van der Waals surface area contributed by atoms with Crippen LogP contribution in [0.4, 0.5) is 14.5 Å². The molecular weight excluding hydrogens is 348 g/mol. The van der Waals surface area contributed by atoms with Gasteiger partial charge in [-0.2, -0.15) is 0 Å². The normalized spacial score (nSPS) is 12.0. The van der Waals surface area contributed by atoms with Gasteiger partial charge in [0.2, 0.25) is 11.8 Å². The van der Waals surface area contributed by atoms with Gasteiger partial charge < -0.3 is 9.73 Å². The van der Waals surface area contributed by atoms with Crippen LogP contribution in [0, 0.1) is 11.6 Å². The van der Waals surface area contributed by atoms with E-state index in [4.69, 9.17) is 4.42 Å². The summed E-state index contributed by atoms with van der Waals surface area (Å²) in [5, 5.41) is 10.2. The van der Waals surface area contributed by atoms with E-state index in [1.165, 1.54) is 48.5 Å². The number of carbonyl (C=O) groups excluding carboxylic acids is 1. The van der Waals surface area contributed by atoms with Crippen molar-refractivity contribution in [3.8, 4) is 11.5 Å². The van der Waals surface area contributed by atoms with Crippen LogP contribution in [0.3, 0.4) is 0 Å². The average Bonchev–Trinajstić information content (AvgIpc) is 3.06. The van der Waals surface area contributed by atoms with Crippen LogP contribution in [-0.4, -0.2) is 21.4 Å². The Balaban J connectivity index is 1.62. The first-order chi connectivity index (χ1) is 12.0. The highest BCUT2D eigenvalue weighted by Gasteiger charge is 2.19. The van der Waals surface area contributed by atoms with Crippen LogP contribution in [0.15, 0.2) is 58.2 Å². The van der Waals surface area contributed by atoms with E-state index in [9.17, 15) is 13.6 Å². The Morgan fingerprint density at radius 3 is 2.28 bits per heavy atom. The van der Waals surface area contributed by atoms with Crippen molar-refractivity contribution in [2.75, 3.05) is 5.32 Å². The third-order valence-corrected chi connectivity index (χ3v) is 4.19. The van der Waals surface area contributed by atoms with Gasteiger partial charge in [0.05, 0.1) is 5.25 Å². The Bertz CT molecular complexity index is 866. The summed E-state index contributed by atoms with van der Waals surface area (Å²) in [7, 11) is 0. The number of hydrogen-bond donors (Lipinski definition) is 1. The summed E-state index contributed by atoms with van der Waals surface area (Å²) >= 11 is 1.09. The number of benzene rings is 2. The Morgan fingerprint density at radius 1 is 1.04 bits per heavy atom. The van der Waals surface area contributed by atoms with E-state index in [1.807, 2.05) is 0 Å². The predicted octanol–water partition coefficient (Wildman–Crippen LogP) is 4.13. The molecule has 0 aliphatic carbocycles. The molecule has 1 aromatic heterocycles. The summed E-state index contributed by atoms with van der Waals surface area (Å²) in [5.41, 5.74) is 1.08. The minimum atomic E-state index is -0.508. The number of carbonyl (C=O) groups is 1. The molecule has 0 radical (unpaired) electrons. The fraction of sp³-hybridized carbons (Fsp3) is 0.118. The SMILES string of the molecule is C[C@H](Sc1nnc(-c2ccc(F)cc2)o1)C(=O)Nc1ccc(F)cc1. The lowest BCUT2D eigenvalue weighted by molar-refractivity contribution is -0.115. The lowest BCUT2D eigenvalue weighted by atomic mass is 10.2. The molecule has 0 spiro atoms. The zero-order valence-corrected chi connectivity index (χ0v) is 13.9. The highest BCUT2D eigenvalue weighted by Crippen LogP contribution is 2.26. The highest BCUT2D eigenvalue weighted by molar-refractivity contribution is 8.00. The standard InChI is InChI=1S/C17H13F2N3O2S/c1-10(15(23)20-14-8-6-13(19)7-9-14)25-17-22-21-16(24-17)11-2-4-12(18)5-3-11/h2-10H,1H3,(H,20,23)/t10-/m0/s1. The summed E-state index contributed by atoms with van der Waals surface area (Å²) in [6.45, 7) is 1.69. The van der Waals surface area contributed by atoms with Gasteiger partial charge in [-0.25, -0.2) is 8.78 Å². The number of hydrogen-bond acceptors (Lipinski definition) is 5. The fourth-order valence-electron chi connectivity index (χ4n) is 1.95. The summed E-state index contributed by atoms with van der Waals surface area (Å²) in [6.07, 6.45) is 0. The number of thioether (sulfide) groups is 1. The maximum absolute atomic E-state index is 12.9. The molecule has 0 fully saturated rings. The van der Waals surface area contributed by atoms with Crippen molar-refractivity contribution >= 4 is 23.4 Å². The van der Waals surface area contributed by atoms with E-state index in [0.29, 0.717) is 11.3 Å². The summed E-state index contributed by atoms with van der Waals surface area (Å²) in [5.74, 6) is -0.768. The maximum Gasteiger partial charge on any atom is 0.277 e. The van der Waals surface area contributed by atoms with Crippen molar-refractivity contribution in [3.05, 3.63) is 60.2 Å². The summed E-state index contributed by atoms with van der Waals surface area (Å²) < 4.78 is 31.3. The van der Waals surface area contributed by atoms with E-state index in [-0.39, 0.29) is 28.7 Å². The van der Waals surface area contributed by atoms with Gasteiger partial charge in [-0.05, 0) is 55.5 Å². The fourth-order valence-corrected chi connectivity index (χ4v) is 2.63. The summed E-state index contributed by atoms with van der Waals surface area (Å²) in [6, 6.07) is 11.1. The van der Waals surface area contributed by atoms with Crippen LogP contribution in [0.1, 0.15) is 6.92 Å². The smallest absolute Gasteiger partial charge is 0.277 e. The molecule has 1 atom stereocenters. The van der Waals surface area contributed by atoms with E-state index in [0.717, 1.165) is 11.8 Å². The largest absolute Gasteiger partial charge is 0.411 e. The van der Waals surface area contributed by atoms with E-state index in [1.54, 1.807) is 6.92 Å². The minimum absolute atomic E-state index is 0.223. The molecule has 3 aromatic rings. The van der Waals surface area contributed by atoms with Crippen molar-refractivity contribution in [1.29, 1.82) is 0 Å². The van der Waals surface area contributed by atoms with Crippen molar-refractivity contribution in [3.63, 3.8) is 0 Å².